The highest BCUT2D eigenvalue weighted by molar-refractivity contribution is 8.27. The van der Waals surface area contributed by atoms with Crippen LogP contribution in [0.5, 0.6) is 5.75 Å². The standard InChI is InChI=1S/C23H16N2O4S2/c26-22-21(31-23(30)24(22)18-9-2-1-3-10-18)14-17-8-4-5-12-20(17)29-15-16-7-6-11-19(13-16)25(27)28/h1-14H,15H2/b21-14+. The Balaban J connectivity index is 1.56. The van der Waals surface area contributed by atoms with Gasteiger partial charge in [0.05, 0.1) is 15.5 Å². The number of hydrogen-bond donors (Lipinski definition) is 0. The van der Waals surface area contributed by atoms with Crippen molar-refractivity contribution in [3.05, 3.63) is 105 Å². The number of rotatable bonds is 6. The van der Waals surface area contributed by atoms with Crippen molar-refractivity contribution in [3.8, 4) is 5.75 Å². The zero-order valence-corrected chi connectivity index (χ0v) is 17.8. The number of thiocarbonyl (C=S) groups is 1. The van der Waals surface area contributed by atoms with Crippen LogP contribution in [0.25, 0.3) is 6.08 Å². The molecule has 31 heavy (non-hydrogen) atoms. The molecule has 6 nitrogen and oxygen atoms in total. The molecular weight excluding hydrogens is 432 g/mol. The van der Waals surface area contributed by atoms with Gasteiger partial charge in [-0.1, -0.05) is 72.5 Å². The number of carbonyl (C=O) groups excluding carboxylic acids is 1. The fourth-order valence-corrected chi connectivity index (χ4v) is 4.35. The normalized spacial score (nSPS) is 14.8. The number of anilines is 1. The maximum absolute atomic E-state index is 13.0. The summed E-state index contributed by atoms with van der Waals surface area (Å²) in [5.41, 5.74) is 2.14. The quantitative estimate of drug-likeness (QED) is 0.212. The Morgan fingerprint density at radius 2 is 1.77 bits per heavy atom. The minimum absolute atomic E-state index is 0.0129. The topological polar surface area (TPSA) is 72.7 Å². The van der Waals surface area contributed by atoms with Crippen LogP contribution in [0.2, 0.25) is 0 Å². The lowest BCUT2D eigenvalue weighted by atomic mass is 10.1. The van der Waals surface area contributed by atoms with Crippen molar-refractivity contribution in [1.82, 2.24) is 0 Å². The molecule has 8 heteroatoms. The van der Waals surface area contributed by atoms with Gasteiger partial charge in [0.2, 0.25) is 0 Å². The van der Waals surface area contributed by atoms with E-state index in [1.54, 1.807) is 24.3 Å². The van der Waals surface area contributed by atoms with Crippen molar-refractivity contribution in [2.24, 2.45) is 0 Å². The van der Waals surface area contributed by atoms with E-state index in [2.05, 4.69) is 0 Å². The number of para-hydroxylation sites is 2. The molecule has 3 aromatic carbocycles. The summed E-state index contributed by atoms with van der Waals surface area (Å²) in [7, 11) is 0. The summed E-state index contributed by atoms with van der Waals surface area (Å²) in [4.78, 5) is 25.5. The van der Waals surface area contributed by atoms with Crippen molar-refractivity contribution in [2.45, 2.75) is 6.61 Å². The molecule has 4 rings (SSSR count). The molecule has 1 amide bonds. The largest absolute Gasteiger partial charge is 0.488 e. The third-order valence-electron chi connectivity index (χ3n) is 4.53. The van der Waals surface area contributed by atoms with E-state index in [1.165, 1.54) is 28.8 Å². The van der Waals surface area contributed by atoms with Gasteiger partial charge in [-0.05, 0) is 29.8 Å². The molecule has 0 N–H and O–H groups in total. The van der Waals surface area contributed by atoms with E-state index in [4.69, 9.17) is 17.0 Å². The fraction of sp³-hybridized carbons (Fsp3) is 0.0435. The molecule has 0 bridgehead atoms. The van der Waals surface area contributed by atoms with Crippen LogP contribution in [-0.2, 0) is 11.4 Å². The van der Waals surface area contributed by atoms with E-state index in [-0.39, 0.29) is 18.2 Å². The Labute approximate surface area is 188 Å². The molecule has 0 aliphatic carbocycles. The minimum Gasteiger partial charge on any atom is -0.488 e. The van der Waals surface area contributed by atoms with Crippen molar-refractivity contribution in [1.29, 1.82) is 0 Å². The van der Waals surface area contributed by atoms with E-state index in [1.807, 2.05) is 48.5 Å². The summed E-state index contributed by atoms with van der Waals surface area (Å²) in [6.07, 6.45) is 1.75. The molecule has 0 spiro atoms. The molecule has 1 heterocycles. The Bertz CT molecular complexity index is 1190. The van der Waals surface area contributed by atoms with E-state index in [0.29, 0.717) is 20.5 Å². The molecule has 0 unspecified atom stereocenters. The summed E-state index contributed by atoms with van der Waals surface area (Å²) in [5, 5.41) is 11.0. The van der Waals surface area contributed by atoms with Gasteiger partial charge in [-0.2, -0.15) is 0 Å². The molecule has 0 aromatic heterocycles. The van der Waals surface area contributed by atoms with Gasteiger partial charge in [0.15, 0.2) is 4.32 Å². The molecule has 0 atom stereocenters. The molecule has 1 aliphatic rings. The zero-order chi connectivity index (χ0) is 21.8. The summed E-state index contributed by atoms with van der Waals surface area (Å²) < 4.78 is 6.38. The summed E-state index contributed by atoms with van der Waals surface area (Å²) in [5.74, 6) is 0.383. The van der Waals surface area contributed by atoms with Gasteiger partial charge >= 0.3 is 0 Å². The first-order chi connectivity index (χ1) is 15.0. The van der Waals surface area contributed by atoms with Gasteiger partial charge in [0.25, 0.3) is 11.6 Å². The molecule has 0 saturated carbocycles. The second-order valence-corrected chi connectivity index (χ2v) is 8.28. The number of non-ortho nitro benzene ring substituents is 1. The molecular formula is C23H16N2O4S2. The van der Waals surface area contributed by atoms with Crippen LogP contribution in [-0.4, -0.2) is 15.2 Å². The maximum Gasteiger partial charge on any atom is 0.270 e. The number of nitrogens with zero attached hydrogens (tertiary/aromatic N) is 2. The molecule has 154 valence electrons. The number of benzene rings is 3. The van der Waals surface area contributed by atoms with Crippen molar-refractivity contribution < 1.29 is 14.5 Å². The van der Waals surface area contributed by atoms with Gasteiger partial charge in [-0.25, -0.2) is 0 Å². The number of carbonyl (C=O) groups is 1. The molecule has 1 saturated heterocycles. The van der Waals surface area contributed by atoms with Gasteiger partial charge < -0.3 is 4.74 Å². The number of ether oxygens (including phenoxy) is 1. The predicted octanol–water partition coefficient (Wildman–Crippen LogP) is 5.58. The van der Waals surface area contributed by atoms with Crippen molar-refractivity contribution >= 4 is 51.7 Å². The van der Waals surface area contributed by atoms with Crippen LogP contribution >= 0.6 is 24.0 Å². The third kappa shape index (κ3) is 4.65. The first-order valence-corrected chi connectivity index (χ1v) is 10.5. The lowest BCUT2D eigenvalue weighted by Crippen LogP contribution is -2.27. The smallest absolute Gasteiger partial charge is 0.270 e. The minimum atomic E-state index is -0.438. The number of hydrogen-bond acceptors (Lipinski definition) is 6. The first-order valence-electron chi connectivity index (χ1n) is 9.31. The van der Waals surface area contributed by atoms with E-state index in [0.717, 1.165) is 11.3 Å². The highest BCUT2D eigenvalue weighted by Crippen LogP contribution is 2.37. The molecule has 0 radical (unpaired) electrons. The van der Waals surface area contributed by atoms with E-state index in [9.17, 15) is 14.9 Å². The first kappa shape index (κ1) is 20.8. The highest BCUT2D eigenvalue weighted by atomic mass is 32.2. The molecule has 1 fully saturated rings. The second-order valence-electron chi connectivity index (χ2n) is 6.61. The van der Waals surface area contributed by atoms with Gasteiger partial charge in [0.1, 0.15) is 12.4 Å². The van der Waals surface area contributed by atoms with E-state index < -0.39 is 4.92 Å². The summed E-state index contributed by atoms with van der Waals surface area (Å²) >= 11 is 6.65. The van der Waals surface area contributed by atoms with Gasteiger partial charge in [-0.15, -0.1) is 0 Å². The molecule has 1 aliphatic heterocycles. The van der Waals surface area contributed by atoms with Crippen molar-refractivity contribution in [2.75, 3.05) is 4.90 Å². The highest BCUT2D eigenvalue weighted by Gasteiger charge is 2.33. The Morgan fingerprint density at radius 1 is 1.03 bits per heavy atom. The second kappa shape index (κ2) is 9.11. The number of thioether (sulfide) groups is 1. The average Bonchev–Trinajstić information content (AvgIpc) is 3.06. The Hall–Kier alpha value is -3.49. The van der Waals surface area contributed by atoms with Crippen LogP contribution in [0.3, 0.4) is 0 Å². The Kier molecular flexibility index (Phi) is 6.11. The number of nitro groups is 1. The number of amides is 1. The van der Waals surface area contributed by atoms with Crippen LogP contribution in [0, 0.1) is 10.1 Å². The number of nitro benzene ring substituents is 1. The summed E-state index contributed by atoms with van der Waals surface area (Å²) in [6.45, 7) is 0.164. The van der Waals surface area contributed by atoms with Crippen LogP contribution in [0.4, 0.5) is 11.4 Å². The predicted molar refractivity (Wildman–Crippen MR) is 126 cm³/mol. The maximum atomic E-state index is 13.0. The SMILES string of the molecule is O=C1/C(=C\c2ccccc2OCc2cccc([N+](=O)[O-])c2)SC(=S)N1c1ccccc1. The lowest BCUT2D eigenvalue weighted by molar-refractivity contribution is -0.384. The fourth-order valence-electron chi connectivity index (χ4n) is 3.06. The molecule has 3 aromatic rings. The average molecular weight is 449 g/mol. The van der Waals surface area contributed by atoms with Gasteiger partial charge in [-0.3, -0.25) is 19.8 Å². The van der Waals surface area contributed by atoms with E-state index >= 15 is 0 Å². The monoisotopic (exact) mass is 448 g/mol. The Morgan fingerprint density at radius 3 is 2.55 bits per heavy atom. The zero-order valence-electron chi connectivity index (χ0n) is 16.1. The van der Waals surface area contributed by atoms with Gasteiger partial charge in [0, 0.05) is 17.7 Å². The summed E-state index contributed by atoms with van der Waals surface area (Å²) in [6, 6.07) is 22.9. The lowest BCUT2D eigenvalue weighted by Gasteiger charge is -2.14. The van der Waals surface area contributed by atoms with Crippen LogP contribution in [0.1, 0.15) is 11.1 Å². The third-order valence-corrected chi connectivity index (χ3v) is 5.83. The van der Waals surface area contributed by atoms with Crippen molar-refractivity contribution in [3.63, 3.8) is 0 Å². The van der Waals surface area contributed by atoms with Crippen LogP contribution in [0.15, 0.2) is 83.8 Å². The van der Waals surface area contributed by atoms with Crippen LogP contribution < -0.4 is 9.64 Å².